The third kappa shape index (κ3) is 5.91. The van der Waals surface area contributed by atoms with E-state index in [9.17, 15) is 9.59 Å². The van der Waals surface area contributed by atoms with Crippen molar-refractivity contribution in [3.63, 3.8) is 0 Å². The van der Waals surface area contributed by atoms with Gasteiger partial charge in [-0.05, 0) is 73.2 Å². The molecule has 0 aliphatic carbocycles. The molecule has 0 radical (unpaired) electrons. The van der Waals surface area contributed by atoms with Crippen molar-refractivity contribution in [3.05, 3.63) is 131 Å². The van der Waals surface area contributed by atoms with E-state index in [1.165, 1.54) is 6.08 Å². The third-order valence-corrected chi connectivity index (χ3v) is 6.20. The Morgan fingerprint density at radius 2 is 1.56 bits per heavy atom. The fraction of sp³-hybridized carbons (Fsp3) is 0.0909. The number of ether oxygens (including phenoxy) is 3. The van der Waals surface area contributed by atoms with Crippen molar-refractivity contribution in [2.75, 3.05) is 7.11 Å². The number of esters is 1. The zero-order chi connectivity index (χ0) is 27.2. The fourth-order valence-electron chi connectivity index (χ4n) is 4.16. The molecule has 0 unspecified atom stereocenters. The molecule has 6 heteroatoms. The summed E-state index contributed by atoms with van der Waals surface area (Å²) in [5, 5.41) is 0.603. The van der Waals surface area contributed by atoms with Crippen molar-refractivity contribution in [1.29, 1.82) is 0 Å². The average molecular weight is 519 g/mol. The Balaban J connectivity index is 1.35. The molecule has 0 aliphatic rings. The number of benzene rings is 4. The number of para-hydroxylation sites is 1. The molecule has 0 fully saturated rings. The Labute approximate surface area is 226 Å². The number of carbonyl (C=O) groups excluding carboxylic acids is 2. The van der Waals surface area contributed by atoms with Gasteiger partial charge >= 0.3 is 5.97 Å². The van der Waals surface area contributed by atoms with Gasteiger partial charge in [-0.2, -0.15) is 0 Å². The number of hydrogen-bond acceptors (Lipinski definition) is 6. The van der Waals surface area contributed by atoms with E-state index < -0.39 is 5.97 Å². The SMILES string of the molecule is COc1ccc(C(=O)C=Cc2ccccc2OC(=O)c2c(C)oc3ccc(OCc4ccccc4)cc23)cc1. The Kier molecular flexibility index (Phi) is 7.55. The summed E-state index contributed by atoms with van der Waals surface area (Å²) < 4.78 is 22.7. The summed E-state index contributed by atoms with van der Waals surface area (Å²) in [5.74, 6) is 1.31. The molecule has 5 aromatic rings. The molecule has 0 saturated heterocycles. The fourth-order valence-corrected chi connectivity index (χ4v) is 4.16. The highest BCUT2D eigenvalue weighted by molar-refractivity contribution is 6.07. The van der Waals surface area contributed by atoms with Crippen LogP contribution in [0, 0.1) is 6.92 Å². The first-order chi connectivity index (χ1) is 19.0. The summed E-state index contributed by atoms with van der Waals surface area (Å²) >= 11 is 0. The van der Waals surface area contributed by atoms with Gasteiger partial charge in [-0.3, -0.25) is 4.79 Å². The van der Waals surface area contributed by atoms with E-state index in [0.29, 0.717) is 57.3 Å². The Bertz CT molecular complexity index is 1650. The number of fused-ring (bicyclic) bond motifs is 1. The summed E-state index contributed by atoms with van der Waals surface area (Å²) in [4.78, 5) is 26.0. The standard InChI is InChI=1S/C33H26O6/c1-22-32(28-20-27(17-19-31(28)38-22)37-21-23-8-4-3-5-9-23)33(35)39-30-11-7-6-10-25(30)14-18-29(34)24-12-15-26(36-2)16-13-24/h3-20H,21H2,1-2H3. The van der Waals surface area contributed by atoms with Crippen molar-refractivity contribution in [2.24, 2.45) is 0 Å². The second-order valence-corrected chi connectivity index (χ2v) is 8.82. The molecule has 0 N–H and O–H groups in total. The van der Waals surface area contributed by atoms with Crippen LogP contribution in [-0.2, 0) is 6.61 Å². The van der Waals surface area contributed by atoms with E-state index in [-0.39, 0.29) is 5.78 Å². The van der Waals surface area contributed by atoms with Crippen molar-refractivity contribution < 1.29 is 28.2 Å². The molecule has 6 nitrogen and oxygen atoms in total. The number of carbonyl (C=O) groups is 2. The van der Waals surface area contributed by atoms with Gasteiger partial charge in [0.2, 0.25) is 0 Å². The minimum Gasteiger partial charge on any atom is -0.497 e. The number of methoxy groups -OCH3 is 1. The zero-order valence-corrected chi connectivity index (χ0v) is 21.5. The van der Waals surface area contributed by atoms with E-state index in [2.05, 4.69) is 0 Å². The maximum Gasteiger partial charge on any atom is 0.347 e. The predicted molar refractivity (Wildman–Crippen MR) is 149 cm³/mol. The number of ketones is 1. The maximum absolute atomic E-state index is 13.3. The van der Waals surface area contributed by atoms with Crippen LogP contribution in [-0.4, -0.2) is 18.9 Å². The van der Waals surface area contributed by atoms with Crippen molar-refractivity contribution in [2.45, 2.75) is 13.5 Å². The minimum absolute atomic E-state index is 0.182. The van der Waals surface area contributed by atoms with Crippen LogP contribution >= 0.6 is 0 Å². The second kappa shape index (κ2) is 11.5. The van der Waals surface area contributed by atoms with E-state index in [1.807, 2.05) is 42.5 Å². The highest BCUT2D eigenvalue weighted by Gasteiger charge is 2.21. The molecule has 0 spiro atoms. The van der Waals surface area contributed by atoms with E-state index in [1.54, 1.807) is 74.7 Å². The molecule has 194 valence electrons. The molecule has 39 heavy (non-hydrogen) atoms. The lowest BCUT2D eigenvalue weighted by Crippen LogP contribution is -2.10. The second-order valence-electron chi connectivity index (χ2n) is 8.82. The molecule has 0 saturated carbocycles. The summed E-state index contributed by atoms with van der Waals surface area (Å²) in [6.07, 6.45) is 3.08. The predicted octanol–water partition coefficient (Wildman–Crippen LogP) is 7.44. The molecule has 4 aromatic carbocycles. The lowest BCUT2D eigenvalue weighted by atomic mass is 10.1. The number of hydrogen-bond donors (Lipinski definition) is 0. The van der Waals surface area contributed by atoms with E-state index in [0.717, 1.165) is 5.56 Å². The zero-order valence-electron chi connectivity index (χ0n) is 21.5. The number of furan rings is 1. The van der Waals surface area contributed by atoms with Crippen LogP contribution in [0.3, 0.4) is 0 Å². The summed E-state index contributed by atoms with van der Waals surface area (Å²) in [5.41, 5.74) is 3.03. The van der Waals surface area contributed by atoms with Crippen molar-refractivity contribution in [1.82, 2.24) is 0 Å². The highest BCUT2D eigenvalue weighted by Crippen LogP contribution is 2.31. The lowest BCUT2D eigenvalue weighted by Gasteiger charge is -2.08. The van der Waals surface area contributed by atoms with Crippen LogP contribution in [0.25, 0.3) is 17.0 Å². The molecule has 0 amide bonds. The van der Waals surface area contributed by atoms with Crippen LogP contribution < -0.4 is 14.2 Å². The van der Waals surface area contributed by atoms with Gasteiger partial charge in [0.05, 0.1) is 7.11 Å². The van der Waals surface area contributed by atoms with Gasteiger partial charge in [0.25, 0.3) is 0 Å². The molecule has 1 aromatic heterocycles. The summed E-state index contributed by atoms with van der Waals surface area (Å²) in [6.45, 7) is 2.12. The van der Waals surface area contributed by atoms with Gasteiger partial charge in [0, 0.05) is 16.5 Å². The van der Waals surface area contributed by atoms with Gasteiger partial charge < -0.3 is 18.6 Å². The smallest absolute Gasteiger partial charge is 0.347 e. The van der Waals surface area contributed by atoms with Crippen molar-refractivity contribution >= 4 is 28.8 Å². The Morgan fingerprint density at radius 3 is 2.33 bits per heavy atom. The summed E-state index contributed by atoms with van der Waals surface area (Å²) in [6, 6.07) is 29.1. The first-order valence-corrected chi connectivity index (χ1v) is 12.4. The van der Waals surface area contributed by atoms with Crippen LogP contribution in [0.2, 0.25) is 0 Å². The van der Waals surface area contributed by atoms with Crippen LogP contribution in [0.4, 0.5) is 0 Å². The van der Waals surface area contributed by atoms with Crippen molar-refractivity contribution in [3.8, 4) is 17.2 Å². The van der Waals surface area contributed by atoms with Gasteiger partial charge in [-0.1, -0.05) is 48.5 Å². The molecule has 0 aliphatic heterocycles. The third-order valence-electron chi connectivity index (χ3n) is 6.20. The van der Waals surface area contributed by atoms with Gasteiger partial charge in [0.1, 0.15) is 40.8 Å². The lowest BCUT2D eigenvalue weighted by molar-refractivity contribution is 0.0734. The minimum atomic E-state index is -0.561. The maximum atomic E-state index is 13.3. The number of aryl methyl sites for hydroxylation is 1. The molecular weight excluding hydrogens is 492 g/mol. The average Bonchev–Trinajstić information content (AvgIpc) is 3.31. The Morgan fingerprint density at radius 1 is 0.846 bits per heavy atom. The largest absolute Gasteiger partial charge is 0.497 e. The molecule has 5 rings (SSSR count). The molecular formula is C33H26O6. The number of rotatable bonds is 9. The van der Waals surface area contributed by atoms with Gasteiger partial charge in [0.15, 0.2) is 5.78 Å². The normalized spacial score (nSPS) is 11.0. The number of allylic oxidation sites excluding steroid dienone is 1. The monoisotopic (exact) mass is 518 g/mol. The first-order valence-electron chi connectivity index (χ1n) is 12.4. The van der Waals surface area contributed by atoms with Crippen LogP contribution in [0.1, 0.15) is 37.6 Å². The van der Waals surface area contributed by atoms with Gasteiger partial charge in [-0.15, -0.1) is 0 Å². The van der Waals surface area contributed by atoms with Crippen LogP contribution in [0.15, 0.2) is 108 Å². The van der Waals surface area contributed by atoms with Gasteiger partial charge in [-0.25, -0.2) is 4.79 Å². The topological polar surface area (TPSA) is 75.0 Å². The quantitative estimate of drug-likeness (QED) is 0.0873. The van der Waals surface area contributed by atoms with Crippen LogP contribution in [0.5, 0.6) is 17.2 Å². The van der Waals surface area contributed by atoms with E-state index in [4.69, 9.17) is 18.6 Å². The molecule has 1 heterocycles. The summed E-state index contributed by atoms with van der Waals surface area (Å²) in [7, 11) is 1.57. The molecule has 0 atom stereocenters. The Hall–Kier alpha value is -5.10. The highest BCUT2D eigenvalue weighted by atomic mass is 16.5. The first kappa shape index (κ1) is 25.5. The molecule has 0 bridgehead atoms. The van der Waals surface area contributed by atoms with E-state index >= 15 is 0 Å².